The van der Waals surface area contributed by atoms with Crippen molar-refractivity contribution >= 4 is 11.3 Å². The van der Waals surface area contributed by atoms with Crippen LogP contribution in [-0.2, 0) is 12.8 Å². The number of benzene rings is 1. The molecule has 0 unspecified atom stereocenters. The Kier molecular flexibility index (Phi) is 3.30. The topological polar surface area (TPSA) is 42.4 Å². The van der Waals surface area contributed by atoms with Crippen LogP contribution in [0.25, 0.3) is 11.3 Å². The van der Waals surface area contributed by atoms with E-state index in [1.54, 1.807) is 11.3 Å². The number of aliphatic hydroxyl groups excluding tert-OH is 1. The van der Waals surface area contributed by atoms with Crippen LogP contribution in [0.1, 0.15) is 17.0 Å². The van der Waals surface area contributed by atoms with E-state index >= 15 is 0 Å². The Hall–Kier alpha value is -1.39. The molecule has 0 spiro atoms. The molecular weight excluding hydrogens is 246 g/mol. The van der Waals surface area contributed by atoms with Crippen LogP contribution in [0.2, 0.25) is 0 Å². The fourth-order valence-electron chi connectivity index (χ4n) is 2.13. The van der Waals surface area contributed by atoms with Crippen molar-refractivity contribution in [1.82, 2.24) is 4.98 Å². The zero-order valence-electron chi connectivity index (χ0n) is 10.1. The Morgan fingerprint density at radius 2 is 2.33 bits per heavy atom. The fraction of sp³-hybridized carbons (Fsp3) is 0.357. The third-order valence-corrected chi connectivity index (χ3v) is 3.99. The lowest BCUT2D eigenvalue weighted by Crippen LogP contribution is -1.88. The van der Waals surface area contributed by atoms with Gasteiger partial charge < -0.3 is 9.84 Å². The van der Waals surface area contributed by atoms with Crippen molar-refractivity contribution in [3.8, 4) is 17.0 Å². The molecule has 1 aromatic carbocycles. The Morgan fingerprint density at radius 3 is 3.22 bits per heavy atom. The summed E-state index contributed by atoms with van der Waals surface area (Å²) < 4.78 is 5.50. The summed E-state index contributed by atoms with van der Waals surface area (Å²) in [5.74, 6) is 1.01. The average molecular weight is 261 g/mol. The summed E-state index contributed by atoms with van der Waals surface area (Å²) >= 11 is 1.66. The van der Waals surface area contributed by atoms with Crippen LogP contribution in [0, 0.1) is 0 Å². The van der Waals surface area contributed by atoms with E-state index in [1.165, 1.54) is 5.56 Å². The third kappa shape index (κ3) is 2.26. The SMILES string of the molecule is OCCCc1nc(-c2ccc3c(c2)CCO3)cs1. The molecule has 0 saturated heterocycles. The molecule has 18 heavy (non-hydrogen) atoms. The highest BCUT2D eigenvalue weighted by molar-refractivity contribution is 7.09. The molecule has 1 aliphatic rings. The summed E-state index contributed by atoms with van der Waals surface area (Å²) in [5.41, 5.74) is 3.46. The lowest BCUT2D eigenvalue weighted by molar-refractivity contribution is 0.288. The van der Waals surface area contributed by atoms with Crippen molar-refractivity contribution in [3.05, 3.63) is 34.2 Å². The van der Waals surface area contributed by atoms with Crippen LogP contribution in [0.15, 0.2) is 23.6 Å². The number of hydrogen-bond acceptors (Lipinski definition) is 4. The van der Waals surface area contributed by atoms with E-state index in [0.29, 0.717) is 0 Å². The fourth-order valence-corrected chi connectivity index (χ4v) is 2.98. The van der Waals surface area contributed by atoms with Crippen LogP contribution >= 0.6 is 11.3 Å². The molecule has 1 aliphatic heterocycles. The van der Waals surface area contributed by atoms with Crippen molar-refractivity contribution in [2.75, 3.05) is 13.2 Å². The minimum Gasteiger partial charge on any atom is -0.493 e. The van der Waals surface area contributed by atoms with Crippen molar-refractivity contribution in [2.24, 2.45) is 0 Å². The van der Waals surface area contributed by atoms with Gasteiger partial charge in [0.05, 0.1) is 17.3 Å². The smallest absolute Gasteiger partial charge is 0.122 e. The summed E-state index contributed by atoms with van der Waals surface area (Å²) in [7, 11) is 0. The zero-order valence-corrected chi connectivity index (χ0v) is 10.9. The summed E-state index contributed by atoms with van der Waals surface area (Å²) in [6, 6.07) is 6.27. The number of aliphatic hydroxyl groups is 1. The summed E-state index contributed by atoms with van der Waals surface area (Å²) in [6.07, 6.45) is 2.63. The van der Waals surface area contributed by atoms with Gasteiger partial charge in [0.1, 0.15) is 5.75 Å². The van der Waals surface area contributed by atoms with E-state index in [-0.39, 0.29) is 6.61 Å². The van der Waals surface area contributed by atoms with Crippen LogP contribution in [-0.4, -0.2) is 23.3 Å². The van der Waals surface area contributed by atoms with Gasteiger partial charge in [-0.2, -0.15) is 0 Å². The first-order chi connectivity index (χ1) is 8.86. The molecule has 2 heterocycles. The van der Waals surface area contributed by atoms with Gasteiger partial charge in [-0.1, -0.05) is 0 Å². The third-order valence-electron chi connectivity index (χ3n) is 3.09. The molecule has 1 N–H and O–H groups in total. The molecule has 0 bridgehead atoms. The van der Waals surface area contributed by atoms with Gasteiger partial charge in [0, 0.05) is 30.4 Å². The number of thiazole rings is 1. The molecule has 1 aromatic heterocycles. The van der Waals surface area contributed by atoms with E-state index in [2.05, 4.69) is 22.5 Å². The van der Waals surface area contributed by atoms with Crippen LogP contribution in [0.4, 0.5) is 0 Å². The zero-order chi connectivity index (χ0) is 12.4. The quantitative estimate of drug-likeness (QED) is 0.920. The van der Waals surface area contributed by atoms with Gasteiger partial charge in [-0.05, 0) is 30.2 Å². The van der Waals surface area contributed by atoms with Crippen molar-refractivity contribution in [1.29, 1.82) is 0 Å². The first kappa shape index (κ1) is 11.7. The first-order valence-electron chi connectivity index (χ1n) is 6.18. The number of hydrogen-bond donors (Lipinski definition) is 1. The lowest BCUT2D eigenvalue weighted by Gasteiger charge is -2.01. The minimum atomic E-state index is 0.227. The predicted octanol–water partition coefficient (Wildman–Crippen LogP) is 2.67. The second-order valence-corrected chi connectivity index (χ2v) is 5.32. The van der Waals surface area contributed by atoms with E-state index < -0.39 is 0 Å². The van der Waals surface area contributed by atoms with Gasteiger partial charge in [0.25, 0.3) is 0 Å². The van der Waals surface area contributed by atoms with Crippen molar-refractivity contribution in [2.45, 2.75) is 19.3 Å². The maximum atomic E-state index is 8.82. The normalized spacial score (nSPS) is 13.4. The van der Waals surface area contributed by atoms with Gasteiger partial charge in [-0.15, -0.1) is 11.3 Å². The summed E-state index contributed by atoms with van der Waals surface area (Å²) in [5, 5.41) is 12.0. The van der Waals surface area contributed by atoms with Gasteiger partial charge in [0.15, 0.2) is 0 Å². The molecule has 3 nitrogen and oxygen atoms in total. The van der Waals surface area contributed by atoms with Gasteiger partial charge >= 0.3 is 0 Å². The van der Waals surface area contributed by atoms with Crippen LogP contribution in [0.5, 0.6) is 5.75 Å². The minimum absolute atomic E-state index is 0.227. The monoisotopic (exact) mass is 261 g/mol. The number of fused-ring (bicyclic) bond motifs is 1. The Morgan fingerprint density at radius 1 is 1.39 bits per heavy atom. The molecule has 94 valence electrons. The second-order valence-electron chi connectivity index (χ2n) is 4.37. The Labute approximate surface area is 110 Å². The molecule has 2 aromatic rings. The predicted molar refractivity (Wildman–Crippen MR) is 72.2 cm³/mol. The number of aryl methyl sites for hydroxylation is 1. The number of ether oxygens (including phenoxy) is 1. The van der Waals surface area contributed by atoms with Gasteiger partial charge in [0.2, 0.25) is 0 Å². The second kappa shape index (κ2) is 5.08. The number of rotatable bonds is 4. The van der Waals surface area contributed by atoms with Crippen LogP contribution in [0.3, 0.4) is 0 Å². The van der Waals surface area contributed by atoms with E-state index in [9.17, 15) is 0 Å². The largest absolute Gasteiger partial charge is 0.493 e. The maximum Gasteiger partial charge on any atom is 0.122 e. The van der Waals surface area contributed by atoms with Gasteiger partial charge in [-0.3, -0.25) is 0 Å². The van der Waals surface area contributed by atoms with Crippen LogP contribution < -0.4 is 4.74 Å². The standard InChI is InChI=1S/C14H15NO2S/c16-6-1-2-14-15-12(9-18-14)10-3-4-13-11(8-10)5-7-17-13/h3-4,8-9,16H,1-2,5-7H2. The molecule has 3 rings (SSSR count). The maximum absolute atomic E-state index is 8.82. The van der Waals surface area contributed by atoms with E-state index in [0.717, 1.165) is 47.9 Å². The highest BCUT2D eigenvalue weighted by Crippen LogP contribution is 2.31. The molecule has 4 heteroatoms. The van der Waals surface area contributed by atoms with E-state index in [4.69, 9.17) is 9.84 Å². The van der Waals surface area contributed by atoms with Gasteiger partial charge in [-0.25, -0.2) is 4.98 Å². The molecular formula is C14H15NO2S. The lowest BCUT2D eigenvalue weighted by atomic mass is 10.1. The Bertz CT molecular complexity index is 550. The number of nitrogens with zero attached hydrogens (tertiary/aromatic N) is 1. The molecule has 0 saturated carbocycles. The molecule has 0 amide bonds. The summed E-state index contributed by atoms with van der Waals surface area (Å²) in [4.78, 5) is 4.61. The molecule has 0 atom stereocenters. The molecule has 0 radical (unpaired) electrons. The highest BCUT2D eigenvalue weighted by Gasteiger charge is 2.13. The molecule has 0 aliphatic carbocycles. The summed E-state index contributed by atoms with van der Waals surface area (Å²) in [6.45, 7) is 1.02. The number of aromatic nitrogens is 1. The van der Waals surface area contributed by atoms with Crippen molar-refractivity contribution in [3.63, 3.8) is 0 Å². The van der Waals surface area contributed by atoms with Crippen molar-refractivity contribution < 1.29 is 9.84 Å². The van der Waals surface area contributed by atoms with E-state index in [1.807, 2.05) is 6.07 Å². The molecule has 0 fully saturated rings. The first-order valence-corrected chi connectivity index (χ1v) is 7.06. The average Bonchev–Trinajstić information content (AvgIpc) is 3.04. The Balaban J connectivity index is 1.83. The highest BCUT2D eigenvalue weighted by atomic mass is 32.1.